The Morgan fingerprint density at radius 2 is 2.10 bits per heavy atom. The maximum Gasteiger partial charge on any atom is 0.320 e. The first kappa shape index (κ1) is 19.5. The summed E-state index contributed by atoms with van der Waals surface area (Å²) in [7, 11) is 0. The molecule has 1 heterocycles. The van der Waals surface area contributed by atoms with E-state index in [1.807, 2.05) is 12.1 Å². The Balaban J connectivity index is 0.00000200. The lowest BCUT2D eigenvalue weighted by molar-refractivity contribution is -0.138. The first-order chi connectivity index (χ1) is 9.15. The summed E-state index contributed by atoms with van der Waals surface area (Å²) in [6.07, 6.45) is 2.74. The van der Waals surface area contributed by atoms with Crippen molar-refractivity contribution in [2.24, 2.45) is 10.9 Å². The molecule has 0 spiro atoms. The minimum atomic E-state index is -1.00. The van der Waals surface area contributed by atoms with Crippen molar-refractivity contribution in [1.82, 2.24) is 0 Å². The molecule has 1 aliphatic rings. The predicted molar refractivity (Wildman–Crippen MR) is 83.7 cm³/mol. The maximum absolute atomic E-state index is 10.6. The van der Waals surface area contributed by atoms with Gasteiger partial charge in [0.05, 0.1) is 0 Å². The number of oxime groups is 1. The van der Waals surface area contributed by atoms with Crippen LogP contribution in [0.4, 0.5) is 0 Å². The number of nitrogens with zero attached hydrogens (tertiary/aromatic N) is 1. The lowest BCUT2D eigenvalue weighted by Crippen LogP contribution is -2.32. The van der Waals surface area contributed by atoms with E-state index >= 15 is 0 Å². The van der Waals surface area contributed by atoms with Crippen molar-refractivity contribution in [3.8, 4) is 5.75 Å². The highest BCUT2D eigenvalue weighted by molar-refractivity contribution is 5.85. The van der Waals surface area contributed by atoms with Crippen molar-refractivity contribution in [2.45, 2.75) is 25.0 Å². The Labute approximate surface area is 135 Å². The second-order valence-corrected chi connectivity index (χ2v) is 4.35. The second-order valence-electron chi connectivity index (χ2n) is 4.35. The lowest BCUT2D eigenvalue weighted by Gasteiger charge is -2.11. The van der Waals surface area contributed by atoms with Gasteiger partial charge in [0.1, 0.15) is 18.4 Å². The summed E-state index contributed by atoms with van der Waals surface area (Å²) in [4.78, 5) is 15.7. The van der Waals surface area contributed by atoms with E-state index < -0.39 is 12.0 Å². The van der Waals surface area contributed by atoms with Gasteiger partial charge in [0, 0.05) is 12.6 Å². The van der Waals surface area contributed by atoms with E-state index in [2.05, 4.69) is 5.16 Å². The van der Waals surface area contributed by atoms with Crippen molar-refractivity contribution in [3.63, 3.8) is 0 Å². The van der Waals surface area contributed by atoms with E-state index in [0.29, 0.717) is 18.8 Å². The number of carboxylic acids is 1. The molecule has 2 atom stereocenters. The monoisotopic (exact) mass is 336 g/mol. The fourth-order valence-corrected chi connectivity index (χ4v) is 1.68. The Morgan fingerprint density at radius 3 is 2.62 bits per heavy atom. The molecule has 3 N–H and O–H groups in total. The molecular formula is C13H18Cl2N2O4. The van der Waals surface area contributed by atoms with Crippen LogP contribution in [-0.4, -0.2) is 36.0 Å². The van der Waals surface area contributed by atoms with Crippen LogP contribution in [0, 0.1) is 0 Å². The van der Waals surface area contributed by atoms with Gasteiger partial charge in [-0.25, -0.2) is 0 Å². The normalized spacial score (nSPS) is 17.1. The van der Waals surface area contributed by atoms with E-state index in [9.17, 15) is 4.79 Å². The van der Waals surface area contributed by atoms with Gasteiger partial charge in [-0.1, -0.05) is 17.3 Å². The highest BCUT2D eigenvalue weighted by Crippen LogP contribution is 2.15. The predicted octanol–water partition coefficient (Wildman–Crippen LogP) is 1.64. The number of nitrogens with two attached hydrogens (primary N) is 1. The molecule has 21 heavy (non-hydrogen) atoms. The SMILES string of the molecule is Cl.Cl.NC(Cc1ccc(OCC2CC=NO2)cc1)C(=O)O. The average Bonchev–Trinajstić information content (AvgIpc) is 2.91. The van der Waals surface area contributed by atoms with E-state index in [1.165, 1.54) is 0 Å². The van der Waals surface area contributed by atoms with Crippen molar-refractivity contribution in [1.29, 1.82) is 0 Å². The van der Waals surface area contributed by atoms with Crippen LogP contribution in [-0.2, 0) is 16.1 Å². The second kappa shape index (κ2) is 9.44. The van der Waals surface area contributed by atoms with Crippen molar-refractivity contribution >= 4 is 37.0 Å². The van der Waals surface area contributed by atoms with Gasteiger partial charge in [-0.2, -0.15) is 0 Å². The van der Waals surface area contributed by atoms with Gasteiger partial charge in [0.15, 0.2) is 6.10 Å². The highest BCUT2D eigenvalue weighted by Gasteiger charge is 2.14. The molecule has 0 saturated carbocycles. The molecule has 1 aliphatic heterocycles. The number of carboxylic acid groups (broad SMARTS) is 1. The summed E-state index contributed by atoms with van der Waals surface area (Å²) in [6.45, 7) is 0.438. The molecule has 118 valence electrons. The van der Waals surface area contributed by atoms with E-state index in [-0.39, 0.29) is 30.9 Å². The number of hydrogen-bond acceptors (Lipinski definition) is 5. The van der Waals surface area contributed by atoms with Gasteiger partial charge in [-0.05, 0) is 24.1 Å². The summed E-state index contributed by atoms with van der Waals surface area (Å²) in [6, 6.07) is 6.32. The van der Waals surface area contributed by atoms with Crippen molar-refractivity contribution in [2.75, 3.05) is 6.61 Å². The molecule has 0 aromatic heterocycles. The number of aliphatic carboxylic acids is 1. The van der Waals surface area contributed by atoms with E-state index in [4.69, 9.17) is 20.4 Å². The summed E-state index contributed by atoms with van der Waals surface area (Å²) in [5.41, 5.74) is 6.33. The standard InChI is InChI=1S/C13H16N2O4.2ClH/c14-12(13(16)17)7-9-1-3-10(4-2-9)18-8-11-5-6-15-19-11;;/h1-4,6,11-12H,5,7-8,14H2,(H,16,17);2*1H. The number of hydrogen-bond donors (Lipinski definition) is 2. The summed E-state index contributed by atoms with van der Waals surface area (Å²) in [5.74, 6) is -0.290. The van der Waals surface area contributed by atoms with Crippen LogP contribution in [0.1, 0.15) is 12.0 Å². The Bertz CT molecular complexity index is 460. The molecule has 2 rings (SSSR count). The van der Waals surface area contributed by atoms with Gasteiger partial charge in [-0.15, -0.1) is 24.8 Å². The highest BCUT2D eigenvalue weighted by atomic mass is 35.5. The van der Waals surface area contributed by atoms with Crippen molar-refractivity contribution < 1.29 is 19.5 Å². The molecule has 2 unspecified atom stereocenters. The number of carbonyl (C=O) groups is 1. The molecule has 0 radical (unpaired) electrons. The van der Waals surface area contributed by atoms with E-state index in [0.717, 1.165) is 12.0 Å². The van der Waals surface area contributed by atoms with Crippen LogP contribution >= 0.6 is 24.8 Å². The molecule has 1 aromatic carbocycles. The molecular weight excluding hydrogens is 319 g/mol. The number of benzene rings is 1. The topological polar surface area (TPSA) is 94.1 Å². The first-order valence-electron chi connectivity index (χ1n) is 6.03. The third-order valence-electron chi connectivity index (χ3n) is 2.78. The first-order valence-corrected chi connectivity index (χ1v) is 6.03. The largest absolute Gasteiger partial charge is 0.490 e. The molecule has 6 nitrogen and oxygen atoms in total. The molecule has 0 bridgehead atoms. The Kier molecular flexibility index (Phi) is 8.76. The van der Waals surface area contributed by atoms with Crippen LogP contribution in [0.15, 0.2) is 29.4 Å². The summed E-state index contributed by atoms with van der Waals surface area (Å²) in [5, 5.41) is 12.4. The van der Waals surface area contributed by atoms with Crippen LogP contribution in [0.2, 0.25) is 0 Å². The smallest absolute Gasteiger partial charge is 0.320 e. The zero-order valence-corrected chi connectivity index (χ0v) is 12.8. The zero-order chi connectivity index (χ0) is 13.7. The van der Waals surface area contributed by atoms with Crippen LogP contribution in [0.5, 0.6) is 5.75 Å². The van der Waals surface area contributed by atoms with Crippen LogP contribution < -0.4 is 10.5 Å². The van der Waals surface area contributed by atoms with Crippen molar-refractivity contribution in [3.05, 3.63) is 29.8 Å². The van der Waals surface area contributed by atoms with Crippen LogP contribution in [0.3, 0.4) is 0 Å². The molecule has 0 fully saturated rings. The minimum Gasteiger partial charge on any atom is -0.490 e. The fraction of sp³-hybridized carbons (Fsp3) is 0.385. The lowest BCUT2D eigenvalue weighted by atomic mass is 10.1. The Morgan fingerprint density at radius 1 is 1.43 bits per heavy atom. The third-order valence-corrected chi connectivity index (χ3v) is 2.78. The minimum absolute atomic E-state index is 0. The van der Waals surface area contributed by atoms with Gasteiger partial charge < -0.3 is 20.4 Å². The molecule has 0 aliphatic carbocycles. The van der Waals surface area contributed by atoms with Gasteiger partial charge in [0.2, 0.25) is 0 Å². The van der Waals surface area contributed by atoms with Gasteiger partial charge >= 0.3 is 5.97 Å². The quantitative estimate of drug-likeness (QED) is 0.823. The third kappa shape index (κ3) is 6.20. The number of halogens is 2. The van der Waals surface area contributed by atoms with Gasteiger partial charge in [0.25, 0.3) is 0 Å². The Hall–Kier alpha value is -1.50. The number of ether oxygens (including phenoxy) is 1. The van der Waals surface area contributed by atoms with E-state index in [1.54, 1.807) is 18.3 Å². The number of rotatable bonds is 6. The summed E-state index contributed by atoms with van der Waals surface area (Å²) < 4.78 is 5.54. The molecule has 0 saturated heterocycles. The average molecular weight is 337 g/mol. The summed E-state index contributed by atoms with van der Waals surface area (Å²) >= 11 is 0. The molecule has 0 amide bonds. The molecule has 8 heteroatoms. The van der Waals surface area contributed by atoms with Gasteiger partial charge in [-0.3, -0.25) is 4.79 Å². The molecule has 1 aromatic rings. The fourth-order valence-electron chi connectivity index (χ4n) is 1.68. The van der Waals surface area contributed by atoms with Crippen LogP contribution in [0.25, 0.3) is 0 Å². The maximum atomic E-state index is 10.6. The zero-order valence-electron chi connectivity index (χ0n) is 11.2.